The Morgan fingerprint density at radius 1 is 1.21 bits per heavy atom. The van der Waals surface area contributed by atoms with Gasteiger partial charge < -0.3 is 5.32 Å². The standard InChI is InChI=1S/C19H22ClN3O5S/c1-5-18(19(24)21-17-11-14(23(25)26)6-7-16(17)20)22(29(4,27)28)15-9-12(2)8-13(3)10-15/h6-11,18H,5H2,1-4H3,(H,21,24). The molecule has 0 aliphatic carbocycles. The molecule has 10 heteroatoms. The van der Waals surface area contributed by atoms with Crippen molar-refractivity contribution in [3.05, 3.63) is 62.7 Å². The Hall–Kier alpha value is -2.65. The first-order chi connectivity index (χ1) is 13.4. The molecule has 0 aromatic heterocycles. The Morgan fingerprint density at radius 3 is 2.28 bits per heavy atom. The van der Waals surface area contributed by atoms with Gasteiger partial charge in [0.15, 0.2) is 0 Å². The highest BCUT2D eigenvalue weighted by Crippen LogP contribution is 2.29. The Kier molecular flexibility index (Phi) is 6.86. The highest BCUT2D eigenvalue weighted by molar-refractivity contribution is 7.92. The van der Waals surface area contributed by atoms with Gasteiger partial charge in [0, 0.05) is 12.1 Å². The zero-order chi connectivity index (χ0) is 21.9. The fourth-order valence-corrected chi connectivity index (χ4v) is 4.44. The molecule has 0 fully saturated rings. The van der Waals surface area contributed by atoms with E-state index in [0.29, 0.717) is 5.69 Å². The number of carbonyl (C=O) groups is 1. The summed E-state index contributed by atoms with van der Waals surface area (Å²) in [6, 6.07) is 7.85. The predicted molar refractivity (Wildman–Crippen MR) is 114 cm³/mol. The molecule has 0 saturated carbocycles. The summed E-state index contributed by atoms with van der Waals surface area (Å²) in [7, 11) is -3.80. The fraction of sp³-hybridized carbons (Fsp3) is 0.316. The Balaban J connectivity index is 2.47. The maximum Gasteiger partial charge on any atom is 0.271 e. The zero-order valence-electron chi connectivity index (χ0n) is 16.5. The summed E-state index contributed by atoms with van der Waals surface area (Å²) in [6.45, 7) is 5.35. The number of nitro benzene ring substituents is 1. The van der Waals surface area contributed by atoms with Crippen molar-refractivity contribution in [3.8, 4) is 0 Å². The molecule has 2 rings (SSSR count). The van der Waals surface area contributed by atoms with Crippen molar-refractivity contribution >= 4 is 44.6 Å². The van der Waals surface area contributed by atoms with E-state index < -0.39 is 26.9 Å². The normalized spacial score (nSPS) is 12.3. The molecule has 0 heterocycles. The number of carbonyl (C=O) groups excluding carboxylic acids is 1. The van der Waals surface area contributed by atoms with Crippen LogP contribution in [0, 0.1) is 24.0 Å². The molecule has 0 bridgehead atoms. The summed E-state index contributed by atoms with van der Waals surface area (Å²) in [4.78, 5) is 23.3. The minimum atomic E-state index is -3.80. The van der Waals surface area contributed by atoms with E-state index in [9.17, 15) is 23.3 Å². The predicted octanol–water partition coefficient (Wildman–Crippen LogP) is 4.05. The molecular weight excluding hydrogens is 418 g/mol. The molecule has 2 aromatic carbocycles. The van der Waals surface area contributed by atoms with E-state index in [1.54, 1.807) is 19.1 Å². The molecule has 156 valence electrons. The maximum atomic E-state index is 13.0. The lowest BCUT2D eigenvalue weighted by atomic mass is 10.1. The summed E-state index contributed by atoms with van der Waals surface area (Å²) in [5, 5.41) is 13.6. The number of aryl methyl sites for hydroxylation is 2. The average Bonchev–Trinajstić information content (AvgIpc) is 2.58. The van der Waals surface area contributed by atoms with E-state index in [-0.39, 0.29) is 22.8 Å². The quantitative estimate of drug-likeness (QED) is 0.517. The van der Waals surface area contributed by atoms with Crippen molar-refractivity contribution in [3.63, 3.8) is 0 Å². The Morgan fingerprint density at radius 2 is 1.79 bits per heavy atom. The third-order valence-corrected chi connectivity index (χ3v) is 5.72. The van der Waals surface area contributed by atoms with Gasteiger partial charge in [0.2, 0.25) is 15.9 Å². The van der Waals surface area contributed by atoms with Crippen LogP contribution in [0.5, 0.6) is 0 Å². The number of benzene rings is 2. The van der Waals surface area contributed by atoms with Crippen LogP contribution in [0.1, 0.15) is 24.5 Å². The van der Waals surface area contributed by atoms with E-state index in [2.05, 4.69) is 5.32 Å². The largest absolute Gasteiger partial charge is 0.323 e. The van der Waals surface area contributed by atoms with Gasteiger partial charge in [-0.25, -0.2) is 8.42 Å². The zero-order valence-corrected chi connectivity index (χ0v) is 18.0. The van der Waals surface area contributed by atoms with Crippen LogP contribution in [-0.4, -0.2) is 31.5 Å². The number of anilines is 2. The fourth-order valence-electron chi connectivity index (χ4n) is 3.08. The summed E-state index contributed by atoms with van der Waals surface area (Å²) in [5.41, 5.74) is 1.87. The molecular formula is C19H22ClN3O5S. The lowest BCUT2D eigenvalue weighted by molar-refractivity contribution is -0.384. The first-order valence-electron chi connectivity index (χ1n) is 8.76. The molecule has 0 radical (unpaired) electrons. The third kappa shape index (κ3) is 5.45. The molecule has 29 heavy (non-hydrogen) atoms. The number of non-ortho nitro benzene ring substituents is 1. The highest BCUT2D eigenvalue weighted by Gasteiger charge is 2.32. The highest BCUT2D eigenvalue weighted by atomic mass is 35.5. The molecule has 1 N–H and O–H groups in total. The molecule has 1 unspecified atom stereocenters. The van der Waals surface area contributed by atoms with Crippen molar-refractivity contribution in [2.75, 3.05) is 15.9 Å². The van der Waals surface area contributed by atoms with E-state index in [0.717, 1.165) is 27.8 Å². The number of halogens is 1. The van der Waals surface area contributed by atoms with Gasteiger partial charge in [0.25, 0.3) is 5.69 Å². The van der Waals surface area contributed by atoms with Gasteiger partial charge in [-0.15, -0.1) is 0 Å². The molecule has 0 aliphatic rings. The lowest BCUT2D eigenvalue weighted by Gasteiger charge is -2.30. The van der Waals surface area contributed by atoms with Gasteiger partial charge in [-0.05, 0) is 49.6 Å². The SMILES string of the molecule is CCC(C(=O)Nc1cc([N+](=O)[O-])ccc1Cl)N(c1cc(C)cc(C)c1)S(C)(=O)=O. The van der Waals surface area contributed by atoms with Crippen LogP contribution in [0.15, 0.2) is 36.4 Å². The van der Waals surface area contributed by atoms with Crippen LogP contribution in [0.25, 0.3) is 0 Å². The summed E-state index contributed by atoms with van der Waals surface area (Å²) >= 11 is 6.05. The van der Waals surface area contributed by atoms with Crippen molar-refractivity contribution in [2.24, 2.45) is 0 Å². The average molecular weight is 440 g/mol. The summed E-state index contributed by atoms with van der Waals surface area (Å²) in [5.74, 6) is -0.639. The van der Waals surface area contributed by atoms with Crippen LogP contribution in [-0.2, 0) is 14.8 Å². The van der Waals surface area contributed by atoms with E-state index >= 15 is 0 Å². The van der Waals surface area contributed by atoms with Crippen molar-refractivity contribution in [2.45, 2.75) is 33.2 Å². The summed E-state index contributed by atoms with van der Waals surface area (Å²) < 4.78 is 26.2. The molecule has 1 atom stereocenters. The molecule has 0 aliphatic heterocycles. The monoisotopic (exact) mass is 439 g/mol. The maximum absolute atomic E-state index is 13.0. The number of nitrogens with zero attached hydrogens (tertiary/aromatic N) is 2. The number of nitro groups is 1. The first-order valence-corrected chi connectivity index (χ1v) is 11.0. The van der Waals surface area contributed by atoms with Crippen LogP contribution in [0.4, 0.5) is 17.1 Å². The molecule has 8 nitrogen and oxygen atoms in total. The Bertz CT molecular complexity index is 1040. The van der Waals surface area contributed by atoms with Gasteiger partial charge >= 0.3 is 0 Å². The van der Waals surface area contributed by atoms with Gasteiger partial charge in [0.05, 0.1) is 27.6 Å². The van der Waals surface area contributed by atoms with E-state index in [1.165, 1.54) is 12.1 Å². The second-order valence-corrected chi connectivity index (χ2v) is 9.01. The number of sulfonamides is 1. The van der Waals surface area contributed by atoms with Gasteiger partial charge in [-0.3, -0.25) is 19.2 Å². The molecule has 1 amide bonds. The third-order valence-electron chi connectivity index (χ3n) is 4.21. The molecule has 0 saturated heterocycles. The van der Waals surface area contributed by atoms with Crippen molar-refractivity contribution in [1.82, 2.24) is 0 Å². The van der Waals surface area contributed by atoms with E-state index in [1.807, 2.05) is 19.9 Å². The smallest absolute Gasteiger partial charge is 0.271 e. The second-order valence-electron chi connectivity index (χ2n) is 6.74. The number of hydrogen-bond acceptors (Lipinski definition) is 5. The second kappa shape index (κ2) is 8.79. The minimum Gasteiger partial charge on any atom is -0.323 e. The number of rotatable bonds is 7. The number of nitrogens with one attached hydrogen (secondary N) is 1. The summed E-state index contributed by atoms with van der Waals surface area (Å²) in [6.07, 6.45) is 1.21. The van der Waals surface area contributed by atoms with Crippen LogP contribution in [0.3, 0.4) is 0 Å². The minimum absolute atomic E-state index is 0.0400. The van der Waals surface area contributed by atoms with Gasteiger partial charge in [-0.1, -0.05) is 24.6 Å². The first kappa shape index (κ1) is 22.6. The van der Waals surface area contributed by atoms with Crippen LogP contribution >= 0.6 is 11.6 Å². The van der Waals surface area contributed by atoms with Gasteiger partial charge in [-0.2, -0.15) is 0 Å². The molecule has 0 spiro atoms. The number of hydrogen-bond donors (Lipinski definition) is 1. The Labute approximate surface area is 174 Å². The molecule has 2 aromatic rings. The van der Waals surface area contributed by atoms with Crippen LogP contribution < -0.4 is 9.62 Å². The van der Waals surface area contributed by atoms with Crippen molar-refractivity contribution < 1.29 is 18.1 Å². The number of amides is 1. The van der Waals surface area contributed by atoms with Crippen molar-refractivity contribution in [1.29, 1.82) is 0 Å². The van der Waals surface area contributed by atoms with E-state index in [4.69, 9.17) is 11.6 Å². The lowest BCUT2D eigenvalue weighted by Crippen LogP contribution is -2.47. The van der Waals surface area contributed by atoms with Gasteiger partial charge in [0.1, 0.15) is 6.04 Å². The van der Waals surface area contributed by atoms with Crippen LogP contribution in [0.2, 0.25) is 5.02 Å². The topological polar surface area (TPSA) is 110 Å².